The summed E-state index contributed by atoms with van der Waals surface area (Å²) in [7, 11) is 1.59. The Morgan fingerprint density at radius 3 is 2.90 bits per heavy atom. The molecule has 0 radical (unpaired) electrons. The van der Waals surface area contributed by atoms with Crippen LogP contribution in [0.25, 0.3) is 0 Å². The number of nitrogens with one attached hydrogen (secondary N) is 1. The highest BCUT2D eigenvalue weighted by atomic mass is 19.1. The maximum Gasteiger partial charge on any atom is 0.254 e. The summed E-state index contributed by atoms with van der Waals surface area (Å²) >= 11 is 0. The van der Waals surface area contributed by atoms with Crippen LogP contribution < -0.4 is 5.32 Å². The predicted molar refractivity (Wildman–Crippen MR) is 78.4 cm³/mol. The van der Waals surface area contributed by atoms with E-state index in [2.05, 4.69) is 17.2 Å². The van der Waals surface area contributed by atoms with Crippen LogP contribution in [0.1, 0.15) is 35.7 Å². The van der Waals surface area contributed by atoms with Crippen molar-refractivity contribution in [3.8, 4) is 11.8 Å². The van der Waals surface area contributed by atoms with Crippen LogP contribution in [0.4, 0.5) is 4.39 Å². The number of aliphatic hydroxyl groups excluding tert-OH is 1. The van der Waals surface area contributed by atoms with Crippen LogP contribution in [0.2, 0.25) is 0 Å². The largest absolute Gasteiger partial charge is 0.395 e. The molecule has 2 N–H and O–H groups in total. The maximum atomic E-state index is 13.9. The number of hydrogen-bond donors (Lipinski definition) is 2. The number of benzene rings is 1. The first-order valence-electron chi connectivity index (χ1n) is 6.77. The van der Waals surface area contributed by atoms with E-state index in [9.17, 15) is 9.18 Å². The fourth-order valence-corrected chi connectivity index (χ4v) is 1.67. The molecule has 1 atom stereocenters. The molecule has 0 fully saturated rings. The standard InChI is InChI=1S/C16H20FNO3/c1-12(8-10-21-2)18-16(20)14-7-6-13(11-15(14)17)5-3-4-9-19/h6-7,11-12,19H,4,8-10H2,1-2H3,(H,18,20). The minimum absolute atomic E-state index is 0.00743. The van der Waals surface area contributed by atoms with Gasteiger partial charge in [-0.3, -0.25) is 4.79 Å². The van der Waals surface area contributed by atoms with Crippen LogP contribution in [-0.2, 0) is 4.74 Å². The van der Waals surface area contributed by atoms with Gasteiger partial charge in [-0.05, 0) is 31.5 Å². The van der Waals surface area contributed by atoms with Gasteiger partial charge in [-0.2, -0.15) is 0 Å². The number of halogens is 1. The van der Waals surface area contributed by atoms with Crippen molar-refractivity contribution in [1.82, 2.24) is 5.32 Å². The number of ether oxygens (including phenoxy) is 1. The van der Waals surface area contributed by atoms with E-state index in [-0.39, 0.29) is 18.2 Å². The fraction of sp³-hybridized carbons (Fsp3) is 0.438. The molecule has 0 heterocycles. The third kappa shape index (κ3) is 5.94. The van der Waals surface area contributed by atoms with Crippen molar-refractivity contribution in [2.24, 2.45) is 0 Å². The molecule has 4 nitrogen and oxygen atoms in total. The lowest BCUT2D eigenvalue weighted by Crippen LogP contribution is -2.33. The topological polar surface area (TPSA) is 58.6 Å². The van der Waals surface area contributed by atoms with Crippen molar-refractivity contribution in [3.05, 3.63) is 35.1 Å². The zero-order valence-electron chi connectivity index (χ0n) is 12.3. The molecule has 5 heteroatoms. The molecule has 0 aromatic heterocycles. The number of aliphatic hydroxyl groups is 1. The average molecular weight is 293 g/mol. The summed E-state index contributed by atoms with van der Waals surface area (Å²) < 4.78 is 18.8. The lowest BCUT2D eigenvalue weighted by molar-refractivity contribution is 0.0925. The molecule has 1 amide bonds. The number of hydrogen-bond acceptors (Lipinski definition) is 3. The molecule has 114 valence electrons. The molecular formula is C16H20FNO3. The van der Waals surface area contributed by atoms with Crippen LogP contribution in [0.15, 0.2) is 18.2 Å². The summed E-state index contributed by atoms with van der Waals surface area (Å²) in [5.74, 6) is 4.36. The Bertz CT molecular complexity index is 534. The van der Waals surface area contributed by atoms with Gasteiger partial charge in [0.2, 0.25) is 0 Å². The van der Waals surface area contributed by atoms with Gasteiger partial charge in [-0.1, -0.05) is 11.8 Å². The van der Waals surface area contributed by atoms with Crippen LogP contribution in [0, 0.1) is 17.7 Å². The molecule has 21 heavy (non-hydrogen) atoms. The number of carbonyl (C=O) groups is 1. The average Bonchev–Trinajstić information content (AvgIpc) is 2.45. The van der Waals surface area contributed by atoms with Crippen molar-refractivity contribution in [2.75, 3.05) is 20.3 Å². The van der Waals surface area contributed by atoms with Crippen LogP contribution in [0.3, 0.4) is 0 Å². The van der Waals surface area contributed by atoms with E-state index in [1.54, 1.807) is 13.2 Å². The first-order chi connectivity index (χ1) is 10.1. The van der Waals surface area contributed by atoms with Gasteiger partial charge in [0.15, 0.2) is 0 Å². The van der Waals surface area contributed by atoms with Gasteiger partial charge in [-0.25, -0.2) is 4.39 Å². The van der Waals surface area contributed by atoms with Crippen LogP contribution in [-0.4, -0.2) is 37.4 Å². The molecule has 0 saturated heterocycles. The predicted octanol–water partition coefficient (Wildman–Crippen LogP) is 1.71. The maximum absolute atomic E-state index is 13.9. The van der Waals surface area contributed by atoms with Gasteiger partial charge < -0.3 is 15.2 Å². The van der Waals surface area contributed by atoms with Crippen molar-refractivity contribution in [2.45, 2.75) is 25.8 Å². The normalized spacial score (nSPS) is 11.4. The van der Waals surface area contributed by atoms with E-state index >= 15 is 0 Å². The smallest absolute Gasteiger partial charge is 0.254 e. The fourth-order valence-electron chi connectivity index (χ4n) is 1.67. The van der Waals surface area contributed by atoms with Crippen molar-refractivity contribution in [3.63, 3.8) is 0 Å². The number of methoxy groups -OCH3 is 1. The van der Waals surface area contributed by atoms with Crippen molar-refractivity contribution in [1.29, 1.82) is 0 Å². The van der Waals surface area contributed by atoms with Gasteiger partial charge in [0.1, 0.15) is 5.82 Å². The molecule has 0 bridgehead atoms. The lowest BCUT2D eigenvalue weighted by atomic mass is 10.1. The summed E-state index contributed by atoms with van der Waals surface area (Å²) in [6.07, 6.45) is 0.995. The molecule has 1 rings (SSSR count). The molecule has 1 aromatic rings. The van der Waals surface area contributed by atoms with Crippen LogP contribution >= 0.6 is 0 Å². The zero-order chi connectivity index (χ0) is 15.7. The lowest BCUT2D eigenvalue weighted by Gasteiger charge is -2.13. The van der Waals surface area contributed by atoms with Crippen molar-refractivity contribution >= 4 is 5.91 Å². The molecule has 0 aliphatic heterocycles. The van der Waals surface area contributed by atoms with E-state index in [4.69, 9.17) is 9.84 Å². The summed E-state index contributed by atoms with van der Waals surface area (Å²) in [6.45, 7) is 2.34. The third-order valence-electron chi connectivity index (χ3n) is 2.82. The number of carbonyl (C=O) groups excluding carboxylic acids is 1. The summed E-state index contributed by atoms with van der Waals surface area (Å²) in [6, 6.07) is 4.12. The minimum Gasteiger partial charge on any atom is -0.395 e. The Hall–Kier alpha value is -1.90. The Morgan fingerprint density at radius 1 is 1.52 bits per heavy atom. The highest BCUT2D eigenvalue weighted by Crippen LogP contribution is 2.10. The summed E-state index contributed by atoms with van der Waals surface area (Å²) in [5.41, 5.74) is 0.469. The van der Waals surface area contributed by atoms with Gasteiger partial charge in [0.25, 0.3) is 5.91 Å². The van der Waals surface area contributed by atoms with Gasteiger partial charge in [-0.15, -0.1) is 0 Å². The Labute approximate surface area is 124 Å². The summed E-state index contributed by atoms with van der Waals surface area (Å²) in [4.78, 5) is 11.9. The SMILES string of the molecule is COCCC(C)NC(=O)c1ccc(C#CCCO)cc1F. The molecule has 0 aliphatic carbocycles. The molecular weight excluding hydrogens is 273 g/mol. The number of amides is 1. The molecule has 0 saturated carbocycles. The van der Waals surface area contributed by atoms with Gasteiger partial charge in [0, 0.05) is 31.7 Å². The molecule has 1 aromatic carbocycles. The Morgan fingerprint density at radius 2 is 2.29 bits per heavy atom. The van der Waals surface area contributed by atoms with E-state index in [0.717, 1.165) is 0 Å². The highest BCUT2D eigenvalue weighted by Gasteiger charge is 2.14. The highest BCUT2D eigenvalue weighted by molar-refractivity contribution is 5.94. The third-order valence-corrected chi connectivity index (χ3v) is 2.82. The second kappa shape index (κ2) is 9.11. The molecule has 0 aliphatic rings. The first kappa shape index (κ1) is 17.2. The van der Waals surface area contributed by atoms with Crippen molar-refractivity contribution < 1.29 is 19.0 Å². The minimum atomic E-state index is -0.609. The van der Waals surface area contributed by atoms with E-state index in [0.29, 0.717) is 25.0 Å². The van der Waals surface area contributed by atoms with E-state index in [1.807, 2.05) is 6.92 Å². The first-order valence-corrected chi connectivity index (χ1v) is 6.77. The zero-order valence-corrected chi connectivity index (χ0v) is 12.3. The van der Waals surface area contributed by atoms with E-state index < -0.39 is 11.7 Å². The Balaban J connectivity index is 2.71. The second-order valence-corrected chi connectivity index (χ2v) is 4.63. The number of rotatable bonds is 6. The molecule has 0 spiro atoms. The molecule has 1 unspecified atom stereocenters. The quantitative estimate of drug-likeness (QED) is 0.785. The van der Waals surface area contributed by atoms with Gasteiger partial charge in [0.05, 0.1) is 12.2 Å². The van der Waals surface area contributed by atoms with Crippen LogP contribution in [0.5, 0.6) is 0 Å². The van der Waals surface area contributed by atoms with Gasteiger partial charge >= 0.3 is 0 Å². The summed E-state index contributed by atoms with van der Waals surface area (Å²) in [5, 5.41) is 11.3. The Kier molecular flexibility index (Phi) is 7.44. The van der Waals surface area contributed by atoms with E-state index in [1.165, 1.54) is 12.1 Å². The monoisotopic (exact) mass is 293 g/mol. The second-order valence-electron chi connectivity index (χ2n) is 4.63.